The molecule has 1 heterocycles. The van der Waals surface area contributed by atoms with Gasteiger partial charge in [0.15, 0.2) is 11.5 Å². The third-order valence-corrected chi connectivity index (χ3v) is 4.22. The van der Waals surface area contributed by atoms with Crippen molar-refractivity contribution in [3.05, 3.63) is 53.6 Å². The second-order valence-corrected chi connectivity index (χ2v) is 6.04. The van der Waals surface area contributed by atoms with Gasteiger partial charge in [0.2, 0.25) is 0 Å². The molecule has 1 unspecified atom stereocenters. The summed E-state index contributed by atoms with van der Waals surface area (Å²) in [5.74, 6) is 1.16. The van der Waals surface area contributed by atoms with Gasteiger partial charge >= 0.3 is 0 Å². The van der Waals surface area contributed by atoms with Crippen LogP contribution in [0.3, 0.4) is 0 Å². The van der Waals surface area contributed by atoms with Gasteiger partial charge in [-0.1, -0.05) is 18.2 Å². The number of anilines is 1. The molecule has 0 fully saturated rings. The lowest BCUT2D eigenvalue weighted by Crippen LogP contribution is -2.46. The molecule has 1 aliphatic heterocycles. The Balaban J connectivity index is 1.94. The van der Waals surface area contributed by atoms with Gasteiger partial charge < -0.3 is 20.1 Å². The first kappa shape index (κ1) is 17.3. The minimum absolute atomic E-state index is 0.0621. The SMILES string of the molecule is CCOc1ccc(C(=O)N2CC(N)Cc3ccccc32)cc1OCC. The van der Waals surface area contributed by atoms with Crippen LogP contribution in [0.25, 0.3) is 0 Å². The Bertz CT molecular complexity index is 760. The summed E-state index contributed by atoms with van der Waals surface area (Å²) in [4.78, 5) is 14.9. The first-order valence-corrected chi connectivity index (χ1v) is 8.69. The number of nitrogens with two attached hydrogens (primary N) is 1. The average Bonchev–Trinajstić information content (AvgIpc) is 2.62. The van der Waals surface area contributed by atoms with Crippen LogP contribution in [0.2, 0.25) is 0 Å². The Labute approximate surface area is 148 Å². The normalized spacial score (nSPS) is 16.3. The molecule has 0 spiro atoms. The van der Waals surface area contributed by atoms with Gasteiger partial charge in [0.05, 0.1) is 13.2 Å². The van der Waals surface area contributed by atoms with Crippen LogP contribution in [-0.2, 0) is 6.42 Å². The molecule has 0 bridgehead atoms. The molecule has 0 radical (unpaired) electrons. The summed E-state index contributed by atoms with van der Waals surface area (Å²) < 4.78 is 11.2. The summed E-state index contributed by atoms with van der Waals surface area (Å²) in [6, 6.07) is 13.2. The van der Waals surface area contributed by atoms with E-state index >= 15 is 0 Å². The number of hydrogen-bond donors (Lipinski definition) is 1. The molecule has 2 N–H and O–H groups in total. The molecule has 2 aromatic carbocycles. The quantitative estimate of drug-likeness (QED) is 0.909. The minimum atomic E-state index is -0.0772. The molecule has 132 valence electrons. The lowest BCUT2D eigenvalue weighted by atomic mass is 9.97. The third-order valence-electron chi connectivity index (χ3n) is 4.22. The fraction of sp³-hybridized carbons (Fsp3) is 0.350. The summed E-state index contributed by atoms with van der Waals surface area (Å²) in [5, 5.41) is 0. The molecule has 5 heteroatoms. The van der Waals surface area contributed by atoms with Gasteiger partial charge in [0.1, 0.15) is 0 Å². The molecule has 25 heavy (non-hydrogen) atoms. The number of hydrogen-bond acceptors (Lipinski definition) is 4. The van der Waals surface area contributed by atoms with E-state index in [9.17, 15) is 4.79 Å². The molecule has 5 nitrogen and oxygen atoms in total. The summed E-state index contributed by atoms with van der Waals surface area (Å²) >= 11 is 0. The average molecular weight is 340 g/mol. The van der Waals surface area contributed by atoms with Crippen molar-refractivity contribution < 1.29 is 14.3 Å². The lowest BCUT2D eigenvalue weighted by molar-refractivity contribution is 0.0983. The van der Waals surface area contributed by atoms with Gasteiger partial charge in [-0.15, -0.1) is 0 Å². The number of carbonyl (C=O) groups is 1. The number of carbonyl (C=O) groups excluding carboxylic acids is 1. The molecule has 2 aromatic rings. The molecule has 1 amide bonds. The van der Waals surface area contributed by atoms with E-state index in [0.717, 1.165) is 17.7 Å². The standard InChI is InChI=1S/C20H24N2O3/c1-3-24-18-10-9-15(12-19(18)25-4-2)20(23)22-13-16(21)11-14-7-5-6-8-17(14)22/h5-10,12,16H,3-4,11,13,21H2,1-2H3. The summed E-state index contributed by atoms with van der Waals surface area (Å²) in [6.07, 6.45) is 0.785. The second-order valence-electron chi connectivity index (χ2n) is 6.04. The monoisotopic (exact) mass is 340 g/mol. The van der Waals surface area contributed by atoms with Crippen molar-refractivity contribution in [1.29, 1.82) is 0 Å². The second kappa shape index (κ2) is 7.57. The molecule has 1 aliphatic rings. The number of fused-ring (bicyclic) bond motifs is 1. The number of rotatable bonds is 5. The Hall–Kier alpha value is -2.53. The van der Waals surface area contributed by atoms with Gasteiger partial charge in [-0.05, 0) is 50.1 Å². The van der Waals surface area contributed by atoms with Gasteiger partial charge in [-0.25, -0.2) is 0 Å². The zero-order chi connectivity index (χ0) is 17.8. The van der Waals surface area contributed by atoms with Crippen LogP contribution in [0, 0.1) is 0 Å². The lowest BCUT2D eigenvalue weighted by Gasteiger charge is -2.33. The third kappa shape index (κ3) is 3.61. The molecule has 0 aliphatic carbocycles. The fourth-order valence-electron chi connectivity index (χ4n) is 3.16. The molecule has 0 saturated heterocycles. The zero-order valence-electron chi connectivity index (χ0n) is 14.7. The van der Waals surface area contributed by atoms with E-state index in [1.165, 1.54) is 0 Å². The van der Waals surface area contributed by atoms with Crippen LogP contribution in [0.4, 0.5) is 5.69 Å². The maximum absolute atomic E-state index is 13.1. The maximum Gasteiger partial charge on any atom is 0.258 e. The van der Waals surface area contributed by atoms with E-state index < -0.39 is 0 Å². The Morgan fingerprint density at radius 3 is 2.60 bits per heavy atom. The largest absolute Gasteiger partial charge is 0.490 e. The zero-order valence-corrected chi connectivity index (χ0v) is 14.7. The Morgan fingerprint density at radius 2 is 1.84 bits per heavy atom. The molecule has 1 atom stereocenters. The van der Waals surface area contributed by atoms with Crippen LogP contribution >= 0.6 is 0 Å². The van der Waals surface area contributed by atoms with Crippen LogP contribution in [-0.4, -0.2) is 31.7 Å². The van der Waals surface area contributed by atoms with Crippen LogP contribution in [0.1, 0.15) is 29.8 Å². The number of benzene rings is 2. The molecule has 0 saturated carbocycles. The molecule has 0 aromatic heterocycles. The Morgan fingerprint density at radius 1 is 1.12 bits per heavy atom. The van der Waals surface area contributed by atoms with Crippen molar-refractivity contribution >= 4 is 11.6 Å². The van der Waals surface area contributed by atoms with Crippen molar-refractivity contribution in [3.63, 3.8) is 0 Å². The predicted molar refractivity (Wildman–Crippen MR) is 98.6 cm³/mol. The predicted octanol–water partition coefficient (Wildman–Crippen LogP) is 3.01. The maximum atomic E-state index is 13.1. The van der Waals surface area contributed by atoms with Gasteiger partial charge in [0, 0.05) is 23.8 Å². The van der Waals surface area contributed by atoms with Gasteiger partial charge in [-0.3, -0.25) is 4.79 Å². The van der Waals surface area contributed by atoms with E-state index in [0.29, 0.717) is 36.8 Å². The topological polar surface area (TPSA) is 64.8 Å². The highest BCUT2D eigenvalue weighted by atomic mass is 16.5. The summed E-state index contributed by atoms with van der Waals surface area (Å²) in [5.41, 5.74) is 8.76. The van der Waals surface area contributed by atoms with E-state index in [1.807, 2.05) is 38.1 Å². The summed E-state index contributed by atoms with van der Waals surface area (Å²) in [7, 11) is 0. The number of nitrogens with zero attached hydrogens (tertiary/aromatic N) is 1. The number of ether oxygens (including phenoxy) is 2. The van der Waals surface area contributed by atoms with E-state index in [4.69, 9.17) is 15.2 Å². The molecule has 3 rings (SSSR count). The number of para-hydroxylation sites is 1. The van der Waals surface area contributed by atoms with Crippen LogP contribution in [0.15, 0.2) is 42.5 Å². The first-order chi connectivity index (χ1) is 12.1. The van der Waals surface area contributed by atoms with Crippen molar-refractivity contribution in [2.45, 2.75) is 26.3 Å². The van der Waals surface area contributed by atoms with E-state index in [1.54, 1.807) is 23.1 Å². The van der Waals surface area contributed by atoms with E-state index in [2.05, 4.69) is 0 Å². The van der Waals surface area contributed by atoms with Crippen molar-refractivity contribution in [1.82, 2.24) is 0 Å². The number of amides is 1. The highest BCUT2D eigenvalue weighted by molar-refractivity contribution is 6.07. The van der Waals surface area contributed by atoms with E-state index in [-0.39, 0.29) is 11.9 Å². The minimum Gasteiger partial charge on any atom is -0.490 e. The van der Waals surface area contributed by atoms with Crippen LogP contribution in [0.5, 0.6) is 11.5 Å². The van der Waals surface area contributed by atoms with Crippen molar-refractivity contribution in [3.8, 4) is 11.5 Å². The smallest absolute Gasteiger partial charge is 0.258 e. The molecular weight excluding hydrogens is 316 g/mol. The first-order valence-electron chi connectivity index (χ1n) is 8.69. The Kier molecular flexibility index (Phi) is 5.24. The van der Waals surface area contributed by atoms with Gasteiger partial charge in [-0.2, -0.15) is 0 Å². The van der Waals surface area contributed by atoms with Crippen LogP contribution < -0.4 is 20.1 Å². The van der Waals surface area contributed by atoms with Gasteiger partial charge in [0.25, 0.3) is 5.91 Å². The van der Waals surface area contributed by atoms with Crippen molar-refractivity contribution in [2.24, 2.45) is 5.73 Å². The van der Waals surface area contributed by atoms with Crippen molar-refractivity contribution in [2.75, 3.05) is 24.7 Å². The summed E-state index contributed by atoms with van der Waals surface area (Å²) in [6.45, 7) is 5.38. The highest BCUT2D eigenvalue weighted by Gasteiger charge is 2.27. The highest BCUT2D eigenvalue weighted by Crippen LogP contribution is 2.32. The molecular formula is C20H24N2O3. The fourth-order valence-corrected chi connectivity index (χ4v) is 3.16.